The number of primary amides is 1. The number of nitrogens with two attached hydrogens (primary N) is 1. The van der Waals surface area contributed by atoms with Crippen molar-refractivity contribution < 1.29 is 19.0 Å². The van der Waals surface area contributed by atoms with E-state index in [0.717, 1.165) is 0 Å². The van der Waals surface area contributed by atoms with Gasteiger partial charge in [-0.2, -0.15) is 0 Å². The molecule has 118 valence electrons. The Kier molecular flexibility index (Phi) is 6.30. The summed E-state index contributed by atoms with van der Waals surface area (Å²) < 4.78 is 16.0. The van der Waals surface area contributed by atoms with Gasteiger partial charge in [-0.15, -0.1) is 0 Å². The first-order chi connectivity index (χ1) is 9.95. The number of rotatable bonds is 9. The summed E-state index contributed by atoms with van der Waals surface area (Å²) in [5, 5.41) is 3.09. The molecule has 0 aromatic heterocycles. The predicted octanol–water partition coefficient (Wildman–Crippen LogP) is 1.33. The summed E-state index contributed by atoms with van der Waals surface area (Å²) >= 11 is 0. The summed E-state index contributed by atoms with van der Waals surface area (Å²) in [4.78, 5) is 11.5. The van der Waals surface area contributed by atoms with Crippen LogP contribution in [-0.4, -0.2) is 38.8 Å². The topological polar surface area (TPSA) is 82.8 Å². The second kappa shape index (κ2) is 7.73. The molecule has 0 aliphatic carbocycles. The van der Waals surface area contributed by atoms with E-state index < -0.39 is 11.4 Å². The third kappa shape index (κ3) is 4.82. The van der Waals surface area contributed by atoms with Crippen LogP contribution in [0.25, 0.3) is 0 Å². The number of methoxy groups -OCH3 is 2. The molecule has 21 heavy (non-hydrogen) atoms. The Morgan fingerprint density at radius 1 is 1.19 bits per heavy atom. The molecule has 1 rings (SSSR count). The molecule has 6 nitrogen and oxygen atoms in total. The Morgan fingerprint density at radius 3 is 2.14 bits per heavy atom. The number of hydrogen-bond donors (Lipinski definition) is 2. The van der Waals surface area contributed by atoms with E-state index in [0.29, 0.717) is 36.8 Å². The highest BCUT2D eigenvalue weighted by molar-refractivity contribution is 5.84. The third-order valence-corrected chi connectivity index (χ3v) is 3.31. The van der Waals surface area contributed by atoms with Crippen molar-refractivity contribution in [3.63, 3.8) is 0 Å². The van der Waals surface area contributed by atoms with E-state index in [1.54, 1.807) is 39.3 Å². The maximum atomic E-state index is 11.5. The van der Waals surface area contributed by atoms with Gasteiger partial charge in [0.15, 0.2) is 0 Å². The van der Waals surface area contributed by atoms with Gasteiger partial charge in [-0.25, -0.2) is 0 Å². The van der Waals surface area contributed by atoms with Crippen molar-refractivity contribution in [1.29, 1.82) is 0 Å². The molecule has 1 aromatic rings. The maximum Gasteiger partial charge on any atom is 0.237 e. The predicted molar refractivity (Wildman–Crippen MR) is 80.9 cm³/mol. The quantitative estimate of drug-likeness (QED) is 0.718. The first-order valence-corrected chi connectivity index (χ1v) is 6.86. The minimum atomic E-state index is -0.780. The summed E-state index contributed by atoms with van der Waals surface area (Å²) in [6.45, 7) is 4.71. The third-order valence-electron chi connectivity index (χ3n) is 3.31. The van der Waals surface area contributed by atoms with Gasteiger partial charge >= 0.3 is 0 Å². The van der Waals surface area contributed by atoms with Gasteiger partial charge in [-0.05, 0) is 13.5 Å². The summed E-state index contributed by atoms with van der Waals surface area (Å²) in [6, 6.07) is 5.29. The smallest absolute Gasteiger partial charge is 0.237 e. The SMILES string of the molecule is CCNC(C)(CCOc1cc(OC)cc(OC)c1)C(N)=O. The number of benzene rings is 1. The van der Waals surface area contributed by atoms with Crippen molar-refractivity contribution in [2.75, 3.05) is 27.4 Å². The van der Waals surface area contributed by atoms with Crippen LogP contribution in [0.5, 0.6) is 17.2 Å². The van der Waals surface area contributed by atoms with Crippen LogP contribution in [0.15, 0.2) is 18.2 Å². The average molecular weight is 296 g/mol. The average Bonchev–Trinajstić information content (AvgIpc) is 2.46. The van der Waals surface area contributed by atoms with Crippen LogP contribution in [0.2, 0.25) is 0 Å². The number of amides is 1. The lowest BCUT2D eigenvalue weighted by Crippen LogP contribution is -2.53. The van der Waals surface area contributed by atoms with Crippen LogP contribution < -0.4 is 25.3 Å². The number of carbonyl (C=O) groups is 1. The Bertz CT molecular complexity index is 456. The zero-order chi connectivity index (χ0) is 15.9. The van der Waals surface area contributed by atoms with Crippen LogP contribution in [0.1, 0.15) is 20.3 Å². The lowest BCUT2D eigenvalue weighted by molar-refractivity contribution is -0.124. The molecular weight excluding hydrogens is 272 g/mol. The lowest BCUT2D eigenvalue weighted by Gasteiger charge is -2.26. The highest BCUT2D eigenvalue weighted by Gasteiger charge is 2.29. The zero-order valence-electron chi connectivity index (χ0n) is 13.1. The number of likely N-dealkylation sites (N-methyl/N-ethyl adjacent to an activating group) is 1. The van der Waals surface area contributed by atoms with Crippen molar-refractivity contribution in [3.8, 4) is 17.2 Å². The second-order valence-corrected chi connectivity index (χ2v) is 4.87. The molecular formula is C15H24N2O4. The Balaban J connectivity index is 2.68. The van der Waals surface area contributed by atoms with Gasteiger partial charge in [0.1, 0.15) is 17.2 Å². The standard InChI is InChI=1S/C15H24N2O4/c1-5-17-15(2,14(16)18)6-7-21-13-9-11(19-3)8-12(10-13)20-4/h8-10,17H,5-7H2,1-4H3,(H2,16,18). The molecule has 0 aliphatic heterocycles. The van der Waals surface area contributed by atoms with E-state index >= 15 is 0 Å². The lowest BCUT2D eigenvalue weighted by atomic mass is 9.97. The van der Waals surface area contributed by atoms with Crippen LogP contribution in [0, 0.1) is 0 Å². The number of nitrogens with one attached hydrogen (secondary N) is 1. The van der Waals surface area contributed by atoms with Crippen molar-refractivity contribution >= 4 is 5.91 Å². The van der Waals surface area contributed by atoms with Crippen LogP contribution in [0.3, 0.4) is 0 Å². The van der Waals surface area contributed by atoms with Gasteiger partial charge < -0.3 is 25.3 Å². The highest BCUT2D eigenvalue weighted by Crippen LogP contribution is 2.27. The minimum Gasteiger partial charge on any atom is -0.496 e. The van der Waals surface area contributed by atoms with E-state index in [1.807, 2.05) is 6.92 Å². The van der Waals surface area contributed by atoms with Crippen LogP contribution in [-0.2, 0) is 4.79 Å². The van der Waals surface area contributed by atoms with E-state index in [9.17, 15) is 4.79 Å². The van der Waals surface area contributed by atoms with Crippen LogP contribution >= 0.6 is 0 Å². The van der Waals surface area contributed by atoms with E-state index in [4.69, 9.17) is 19.9 Å². The molecule has 0 fully saturated rings. The molecule has 0 saturated carbocycles. The van der Waals surface area contributed by atoms with Crippen LogP contribution in [0.4, 0.5) is 0 Å². The van der Waals surface area contributed by atoms with Gasteiger partial charge in [-0.1, -0.05) is 6.92 Å². The molecule has 1 amide bonds. The first-order valence-electron chi connectivity index (χ1n) is 6.86. The second-order valence-electron chi connectivity index (χ2n) is 4.87. The number of hydrogen-bond acceptors (Lipinski definition) is 5. The first kappa shape index (κ1) is 17.1. The fraction of sp³-hybridized carbons (Fsp3) is 0.533. The van der Waals surface area contributed by atoms with Crippen molar-refractivity contribution in [3.05, 3.63) is 18.2 Å². The zero-order valence-corrected chi connectivity index (χ0v) is 13.1. The molecule has 0 radical (unpaired) electrons. The van der Waals surface area contributed by atoms with Gasteiger partial charge in [-0.3, -0.25) is 4.79 Å². The summed E-state index contributed by atoms with van der Waals surface area (Å²) in [7, 11) is 3.15. The highest BCUT2D eigenvalue weighted by atomic mass is 16.5. The molecule has 0 saturated heterocycles. The molecule has 0 heterocycles. The Labute approximate surface area is 125 Å². The summed E-state index contributed by atoms with van der Waals surface area (Å²) in [5.74, 6) is 1.52. The van der Waals surface area contributed by atoms with Crippen molar-refractivity contribution in [2.45, 2.75) is 25.8 Å². The fourth-order valence-corrected chi connectivity index (χ4v) is 1.93. The van der Waals surface area contributed by atoms with Gasteiger partial charge in [0.2, 0.25) is 5.91 Å². The molecule has 1 atom stereocenters. The largest absolute Gasteiger partial charge is 0.496 e. The monoisotopic (exact) mass is 296 g/mol. The minimum absolute atomic E-state index is 0.350. The van der Waals surface area contributed by atoms with Crippen molar-refractivity contribution in [1.82, 2.24) is 5.32 Å². The molecule has 0 spiro atoms. The van der Waals surface area contributed by atoms with E-state index in [-0.39, 0.29) is 0 Å². The molecule has 6 heteroatoms. The Hall–Kier alpha value is -1.95. The van der Waals surface area contributed by atoms with E-state index in [2.05, 4.69) is 5.32 Å². The molecule has 3 N–H and O–H groups in total. The van der Waals surface area contributed by atoms with Gasteiger partial charge in [0, 0.05) is 24.6 Å². The van der Waals surface area contributed by atoms with Crippen molar-refractivity contribution in [2.24, 2.45) is 5.73 Å². The summed E-state index contributed by atoms with van der Waals surface area (Å²) in [6.07, 6.45) is 0.468. The van der Waals surface area contributed by atoms with Gasteiger partial charge in [0.25, 0.3) is 0 Å². The van der Waals surface area contributed by atoms with Gasteiger partial charge in [0.05, 0.1) is 26.4 Å². The molecule has 0 aliphatic rings. The summed E-state index contributed by atoms with van der Waals surface area (Å²) in [5.41, 5.74) is 4.65. The normalized spacial score (nSPS) is 13.3. The number of carbonyl (C=O) groups excluding carboxylic acids is 1. The van der Waals surface area contributed by atoms with E-state index in [1.165, 1.54) is 0 Å². The maximum absolute atomic E-state index is 11.5. The molecule has 1 aromatic carbocycles. The number of ether oxygens (including phenoxy) is 3. The molecule has 0 bridgehead atoms. The molecule has 1 unspecified atom stereocenters. The Morgan fingerprint density at radius 2 is 1.71 bits per heavy atom. The fourth-order valence-electron chi connectivity index (χ4n) is 1.93.